The molecule has 23 heavy (non-hydrogen) atoms. The fourth-order valence-corrected chi connectivity index (χ4v) is 2.13. The number of nitrogens with one attached hydrogen (secondary N) is 1. The van der Waals surface area contributed by atoms with Gasteiger partial charge in [-0.15, -0.1) is 0 Å². The van der Waals surface area contributed by atoms with Gasteiger partial charge in [-0.3, -0.25) is 4.79 Å². The lowest BCUT2D eigenvalue weighted by molar-refractivity contribution is -0.122. The van der Waals surface area contributed by atoms with E-state index in [1.807, 2.05) is 0 Å². The van der Waals surface area contributed by atoms with Gasteiger partial charge in [-0.25, -0.2) is 4.68 Å². The molecule has 0 fully saturated rings. The molecule has 0 saturated heterocycles. The second kappa shape index (κ2) is 8.33. The number of hydrogen-bond donors (Lipinski definition) is 2. The van der Waals surface area contributed by atoms with Gasteiger partial charge in [-0.1, -0.05) is 25.5 Å². The van der Waals surface area contributed by atoms with Crippen molar-refractivity contribution < 1.29 is 14.6 Å². The van der Waals surface area contributed by atoms with Gasteiger partial charge in [-0.05, 0) is 31.0 Å². The van der Waals surface area contributed by atoms with Gasteiger partial charge in [0.15, 0.2) is 6.10 Å². The molecule has 0 radical (unpaired) electrons. The highest BCUT2D eigenvalue weighted by molar-refractivity contribution is 5.93. The molecule has 2 N–H and O–H groups in total. The summed E-state index contributed by atoms with van der Waals surface area (Å²) in [6, 6.07) is 8.82. The van der Waals surface area contributed by atoms with Crippen molar-refractivity contribution in [3.05, 3.63) is 42.1 Å². The smallest absolute Gasteiger partial charge is 0.266 e. The van der Waals surface area contributed by atoms with Crippen molar-refractivity contribution in [1.29, 1.82) is 0 Å². The van der Waals surface area contributed by atoms with E-state index in [1.165, 1.54) is 0 Å². The Morgan fingerprint density at radius 1 is 1.43 bits per heavy atom. The molecule has 0 bridgehead atoms. The molecule has 2 aromatic rings. The summed E-state index contributed by atoms with van der Waals surface area (Å²) in [4.78, 5) is 12.3. The molecular formula is C17H23N3O3. The van der Waals surface area contributed by atoms with Crippen LogP contribution in [0.4, 0.5) is 5.82 Å². The Balaban J connectivity index is 1.96. The Morgan fingerprint density at radius 2 is 2.26 bits per heavy atom. The minimum Gasteiger partial charge on any atom is -0.481 e. The molecule has 1 atom stereocenters. The predicted molar refractivity (Wildman–Crippen MR) is 88.2 cm³/mol. The molecule has 1 aromatic heterocycles. The Morgan fingerprint density at radius 3 is 3.00 bits per heavy atom. The highest BCUT2D eigenvalue weighted by Gasteiger charge is 2.16. The first-order valence-electron chi connectivity index (χ1n) is 7.83. The largest absolute Gasteiger partial charge is 0.481 e. The third-order valence-electron chi connectivity index (χ3n) is 3.45. The van der Waals surface area contributed by atoms with Crippen LogP contribution in [0.3, 0.4) is 0 Å². The van der Waals surface area contributed by atoms with E-state index in [4.69, 9.17) is 9.84 Å². The second-order valence-electron chi connectivity index (χ2n) is 5.35. The van der Waals surface area contributed by atoms with Gasteiger partial charge in [0.1, 0.15) is 11.6 Å². The molecule has 124 valence electrons. The predicted octanol–water partition coefficient (Wildman–Crippen LogP) is 2.58. The average molecular weight is 317 g/mol. The summed E-state index contributed by atoms with van der Waals surface area (Å²) in [5.41, 5.74) is 0.743. The van der Waals surface area contributed by atoms with Crippen molar-refractivity contribution in [2.24, 2.45) is 0 Å². The minimum absolute atomic E-state index is 0.0611. The summed E-state index contributed by atoms with van der Waals surface area (Å²) in [6.45, 7) is 4.51. The zero-order valence-corrected chi connectivity index (χ0v) is 13.5. The number of benzene rings is 1. The summed E-state index contributed by atoms with van der Waals surface area (Å²) in [6.07, 6.45) is 3.08. The maximum atomic E-state index is 12.3. The minimum atomic E-state index is -0.654. The zero-order valence-electron chi connectivity index (χ0n) is 13.5. The van der Waals surface area contributed by atoms with Gasteiger partial charge in [0.05, 0.1) is 12.8 Å². The summed E-state index contributed by atoms with van der Waals surface area (Å²) in [5, 5.41) is 16.2. The van der Waals surface area contributed by atoms with Crippen LogP contribution in [0, 0.1) is 0 Å². The van der Waals surface area contributed by atoms with E-state index in [1.54, 1.807) is 48.1 Å². The van der Waals surface area contributed by atoms with E-state index in [2.05, 4.69) is 17.3 Å². The second-order valence-corrected chi connectivity index (χ2v) is 5.35. The number of aliphatic hydroxyl groups excluding tert-OH is 1. The number of aromatic nitrogens is 2. The molecule has 0 saturated carbocycles. The van der Waals surface area contributed by atoms with Crippen LogP contribution in [0.2, 0.25) is 0 Å². The molecule has 1 aromatic carbocycles. The van der Waals surface area contributed by atoms with Crippen LogP contribution in [0.15, 0.2) is 36.5 Å². The van der Waals surface area contributed by atoms with Crippen molar-refractivity contribution in [2.75, 3.05) is 5.32 Å². The van der Waals surface area contributed by atoms with Gasteiger partial charge in [0, 0.05) is 12.6 Å². The summed E-state index contributed by atoms with van der Waals surface area (Å²) in [5.74, 6) is 0.986. The molecule has 0 aliphatic rings. The molecule has 1 heterocycles. The highest BCUT2D eigenvalue weighted by Crippen LogP contribution is 2.16. The molecule has 1 amide bonds. The number of carbonyl (C=O) groups is 1. The first-order valence-corrected chi connectivity index (χ1v) is 7.83. The monoisotopic (exact) mass is 317 g/mol. The summed E-state index contributed by atoms with van der Waals surface area (Å²) in [7, 11) is 0. The van der Waals surface area contributed by atoms with Crippen LogP contribution in [0.5, 0.6) is 5.75 Å². The van der Waals surface area contributed by atoms with Crippen LogP contribution >= 0.6 is 0 Å². The van der Waals surface area contributed by atoms with E-state index >= 15 is 0 Å². The fraction of sp³-hybridized carbons (Fsp3) is 0.412. The summed E-state index contributed by atoms with van der Waals surface area (Å²) < 4.78 is 7.41. The quantitative estimate of drug-likeness (QED) is 0.784. The Labute approximate surface area is 136 Å². The van der Waals surface area contributed by atoms with Crippen LogP contribution in [0.25, 0.3) is 0 Å². The molecule has 2 rings (SSSR count). The van der Waals surface area contributed by atoms with Crippen molar-refractivity contribution >= 4 is 11.7 Å². The van der Waals surface area contributed by atoms with Crippen LogP contribution in [-0.2, 0) is 17.9 Å². The van der Waals surface area contributed by atoms with Crippen molar-refractivity contribution in [1.82, 2.24) is 9.78 Å². The average Bonchev–Trinajstić information content (AvgIpc) is 3.00. The fourth-order valence-electron chi connectivity index (χ4n) is 2.13. The number of unbranched alkanes of at least 4 members (excludes halogenated alkanes) is 1. The van der Waals surface area contributed by atoms with Crippen LogP contribution < -0.4 is 10.1 Å². The number of aliphatic hydroxyl groups is 1. The van der Waals surface area contributed by atoms with Gasteiger partial charge in [0.2, 0.25) is 0 Å². The maximum Gasteiger partial charge on any atom is 0.266 e. The van der Waals surface area contributed by atoms with Crippen molar-refractivity contribution in [3.8, 4) is 5.75 Å². The Hall–Kier alpha value is -2.34. The third-order valence-corrected chi connectivity index (χ3v) is 3.45. The van der Waals surface area contributed by atoms with Gasteiger partial charge in [0.25, 0.3) is 5.91 Å². The molecule has 0 aliphatic carbocycles. The standard InChI is InChI=1S/C17H23N3O3/c1-3-4-10-20-16(8-9-18-20)19-17(22)13(2)23-15-7-5-6-14(11-15)12-21/h5-9,11,13,21H,3-4,10,12H2,1-2H3,(H,19,22). The first-order chi connectivity index (χ1) is 11.1. The van der Waals surface area contributed by atoms with Gasteiger partial charge < -0.3 is 15.2 Å². The Bertz CT molecular complexity index is 640. The topological polar surface area (TPSA) is 76.4 Å². The number of aryl methyl sites for hydroxylation is 1. The molecule has 0 aliphatic heterocycles. The molecule has 6 heteroatoms. The Kier molecular flexibility index (Phi) is 6.17. The van der Waals surface area contributed by atoms with Crippen LogP contribution in [-0.4, -0.2) is 26.9 Å². The number of anilines is 1. The molecule has 0 spiro atoms. The van der Waals surface area contributed by atoms with E-state index in [9.17, 15) is 4.79 Å². The number of hydrogen-bond acceptors (Lipinski definition) is 4. The van der Waals surface area contributed by atoms with Crippen molar-refractivity contribution in [2.45, 2.75) is 45.9 Å². The number of amides is 1. The number of nitrogens with zero attached hydrogens (tertiary/aromatic N) is 2. The lowest BCUT2D eigenvalue weighted by atomic mass is 10.2. The molecule has 1 unspecified atom stereocenters. The van der Waals surface area contributed by atoms with Gasteiger partial charge in [-0.2, -0.15) is 5.10 Å². The van der Waals surface area contributed by atoms with E-state index in [-0.39, 0.29) is 12.5 Å². The van der Waals surface area contributed by atoms with E-state index < -0.39 is 6.10 Å². The molecular weight excluding hydrogens is 294 g/mol. The maximum absolute atomic E-state index is 12.3. The number of ether oxygens (including phenoxy) is 1. The zero-order chi connectivity index (χ0) is 16.7. The third kappa shape index (κ3) is 4.82. The SMILES string of the molecule is CCCCn1nccc1NC(=O)C(C)Oc1cccc(CO)c1. The lowest BCUT2D eigenvalue weighted by Gasteiger charge is -2.15. The van der Waals surface area contributed by atoms with Crippen LogP contribution in [0.1, 0.15) is 32.3 Å². The van der Waals surface area contributed by atoms with E-state index in [0.29, 0.717) is 11.6 Å². The summed E-state index contributed by atoms with van der Waals surface area (Å²) >= 11 is 0. The molecule has 6 nitrogen and oxygen atoms in total. The normalized spacial score (nSPS) is 12.0. The highest BCUT2D eigenvalue weighted by atomic mass is 16.5. The first kappa shape index (κ1) is 17.0. The lowest BCUT2D eigenvalue weighted by Crippen LogP contribution is -2.31. The van der Waals surface area contributed by atoms with Crippen molar-refractivity contribution in [3.63, 3.8) is 0 Å². The van der Waals surface area contributed by atoms with Gasteiger partial charge >= 0.3 is 0 Å². The number of carbonyl (C=O) groups excluding carboxylic acids is 1. The van der Waals surface area contributed by atoms with E-state index in [0.717, 1.165) is 24.9 Å². The number of rotatable bonds is 8.